The van der Waals surface area contributed by atoms with E-state index in [1.165, 1.54) is 25.3 Å². The molecule has 5 nitrogen and oxygen atoms in total. The topological polar surface area (TPSA) is 64.6 Å². The SMILES string of the molecule is CCOc1ccc(NS(=O)(=O)c2ccc(OC)c(Cl)c2)cc1C. The number of hydrogen-bond donors (Lipinski definition) is 1. The summed E-state index contributed by atoms with van der Waals surface area (Å²) in [7, 11) is -2.26. The zero-order chi connectivity index (χ0) is 17.0. The molecule has 2 rings (SSSR count). The van der Waals surface area contributed by atoms with Crippen molar-refractivity contribution >= 4 is 27.3 Å². The number of anilines is 1. The number of nitrogens with one attached hydrogen (secondary N) is 1. The highest BCUT2D eigenvalue weighted by Gasteiger charge is 2.16. The molecule has 7 heteroatoms. The number of halogens is 1. The van der Waals surface area contributed by atoms with Crippen LogP contribution in [0.2, 0.25) is 5.02 Å². The predicted molar refractivity (Wildman–Crippen MR) is 91.2 cm³/mol. The molecule has 0 bridgehead atoms. The van der Waals surface area contributed by atoms with E-state index < -0.39 is 10.0 Å². The van der Waals surface area contributed by atoms with E-state index in [0.29, 0.717) is 18.0 Å². The summed E-state index contributed by atoms with van der Waals surface area (Å²) in [5.74, 6) is 1.14. The van der Waals surface area contributed by atoms with E-state index in [4.69, 9.17) is 21.1 Å². The second kappa shape index (κ2) is 7.10. The van der Waals surface area contributed by atoms with Gasteiger partial charge in [-0.05, 0) is 55.8 Å². The van der Waals surface area contributed by atoms with Crippen molar-refractivity contribution in [1.29, 1.82) is 0 Å². The third-order valence-corrected chi connectivity index (χ3v) is 4.83. The molecule has 0 heterocycles. The van der Waals surface area contributed by atoms with Gasteiger partial charge in [0.1, 0.15) is 11.5 Å². The highest BCUT2D eigenvalue weighted by molar-refractivity contribution is 7.92. The van der Waals surface area contributed by atoms with Crippen LogP contribution in [-0.2, 0) is 10.0 Å². The summed E-state index contributed by atoms with van der Waals surface area (Å²) in [4.78, 5) is 0.0647. The Bertz CT molecular complexity index is 806. The number of methoxy groups -OCH3 is 1. The van der Waals surface area contributed by atoms with E-state index in [2.05, 4.69) is 4.72 Å². The molecule has 23 heavy (non-hydrogen) atoms. The van der Waals surface area contributed by atoms with Gasteiger partial charge in [-0.25, -0.2) is 8.42 Å². The molecule has 0 aliphatic carbocycles. The lowest BCUT2D eigenvalue weighted by Gasteiger charge is -2.12. The number of aryl methyl sites for hydroxylation is 1. The molecular formula is C16H18ClNO4S. The molecular weight excluding hydrogens is 338 g/mol. The summed E-state index contributed by atoms with van der Waals surface area (Å²) in [6.07, 6.45) is 0. The Kier molecular flexibility index (Phi) is 5.38. The number of benzene rings is 2. The molecule has 2 aromatic carbocycles. The molecule has 0 aliphatic rings. The first-order chi connectivity index (χ1) is 10.9. The summed E-state index contributed by atoms with van der Waals surface area (Å²) in [5.41, 5.74) is 1.30. The van der Waals surface area contributed by atoms with Gasteiger partial charge in [0.05, 0.1) is 23.6 Å². The van der Waals surface area contributed by atoms with Gasteiger partial charge in [0.15, 0.2) is 0 Å². The molecule has 0 radical (unpaired) electrons. The van der Waals surface area contributed by atoms with Gasteiger partial charge in [-0.2, -0.15) is 0 Å². The quantitative estimate of drug-likeness (QED) is 0.854. The first-order valence-corrected chi connectivity index (χ1v) is 8.83. The monoisotopic (exact) mass is 355 g/mol. The van der Waals surface area contributed by atoms with Gasteiger partial charge in [-0.3, -0.25) is 4.72 Å². The molecule has 1 N–H and O–H groups in total. The fourth-order valence-electron chi connectivity index (χ4n) is 2.06. The maximum Gasteiger partial charge on any atom is 0.261 e. The minimum atomic E-state index is -3.73. The van der Waals surface area contributed by atoms with Gasteiger partial charge in [0.2, 0.25) is 0 Å². The number of ether oxygens (including phenoxy) is 2. The first kappa shape index (κ1) is 17.4. The van der Waals surface area contributed by atoms with Gasteiger partial charge >= 0.3 is 0 Å². The predicted octanol–water partition coefficient (Wildman–Crippen LogP) is 3.86. The average molecular weight is 356 g/mol. The second-order valence-corrected chi connectivity index (χ2v) is 6.90. The molecule has 0 aliphatic heterocycles. The highest BCUT2D eigenvalue weighted by Crippen LogP contribution is 2.28. The molecule has 0 unspecified atom stereocenters. The zero-order valence-electron chi connectivity index (χ0n) is 13.1. The molecule has 0 spiro atoms. The van der Waals surface area contributed by atoms with Crippen LogP contribution in [0.5, 0.6) is 11.5 Å². The lowest BCUT2D eigenvalue weighted by molar-refractivity contribution is 0.338. The van der Waals surface area contributed by atoms with Crippen molar-refractivity contribution in [2.24, 2.45) is 0 Å². The van der Waals surface area contributed by atoms with E-state index in [1.807, 2.05) is 13.8 Å². The molecule has 0 fully saturated rings. The summed E-state index contributed by atoms with van der Waals surface area (Å²) in [6.45, 7) is 4.30. The van der Waals surface area contributed by atoms with E-state index in [0.717, 1.165) is 11.3 Å². The van der Waals surface area contributed by atoms with Crippen LogP contribution >= 0.6 is 11.6 Å². The summed E-state index contributed by atoms with van der Waals surface area (Å²) < 4.78 is 37.9. The normalized spacial score (nSPS) is 11.1. The second-order valence-electron chi connectivity index (χ2n) is 4.82. The third kappa shape index (κ3) is 4.09. The molecule has 0 amide bonds. The Hall–Kier alpha value is -1.92. The summed E-state index contributed by atoms with van der Waals surface area (Å²) in [6, 6.07) is 9.41. The molecule has 2 aromatic rings. The van der Waals surface area contributed by atoms with E-state index in [1.54, 1.807) is 18.2 Å². The highest BCUT2D eigenvalue weighted by atomic mass is 35.5. The van der Waals surface area contributed by atoms with Gasteiger partial charge < -0.3 is 9.47 Å². The van der Waals surface area contributed by atoms with E-state index >= 15 is 0 Å². The smallest absolute Gasteiger partial charge is 0.261 e. The van der Waals surface area contributed by atoms with E-state index in [9.17, 15) is 8.42 Å². The minimum Gasteiger partial charge on any atom is -0.495 e. The van der Waals surface area contributed by atoms with Crippen LogP contribution in [0.15, 0.2) is 41.3 Å². The van der Waals surface area contributed by atoms with Crippen LogP contribution in [0, 0.1) is 6.92 Å². The Balaban J connectivity index is 2.27. The molecule has 0 atom stereocenters. The molecule has 0 aromatic heterocycles. The van der Waals surface area contributed by atoms with Crippen LogP contribution in [0.4, 0.5) is 5.69 Å². The standard InChI is InChI=1S/C16H18ClNO4S/c1-4-22-15-7-5-12(9-11(15)2)18-23(19,20)13-6-8-16(21-3)14(17)10-13/h5-10,18H,4H2,1-3H3. The van der Waals surface area contributed by atoms with Crippen molar-refractivity contribution in [1.82, 2.24) is 0 Å². The van der Waals surface area contributed by atoms with Crippen LogP contribution in [-0.4, -0.2) is 22.1 Å². The van der Waals surface area contributed by atoms with Crippen molar-refractivity contribution < 1.29 is 17.9 Å². The number of rotatable bonds is 6. The first-order valence-electron chi connectivity index (χ1n) is 6.97. The van der Waals surface area contributed by atoms with Crippen LogP contribution in [0.25, 0.3) is 0 Å². The number of sulfonamides is 1. The molecule has 124 valence electrons. The fourth-order valence-corrected chi connectivity index (χ4v) is 3.46. The average Bonchev–Trinajstić information content (AvgIpc) is 2.49. The van der Waals surface area contributed by atoms with Gasteiger partial charge in [0, 0.05) is 5.69 Å². The van der Waals surface area contributed by atoms with Gasteiger partial charge in [-0.1, -0.05) is 11.6 Å². The van der Waals surface area contributed by atoms with Gasteiger partial charge in [0.25, 0.3) is 10.0 Å². The van der Waals surface area contributed by atoms with Crippen molar-refractivity contribution in [2.45, 2.75) is 18.7 Å². The Labute approximate surface area is 141 Å². The van der Waals surface area contributed by atoms with Crippen LogP contribution in [0.1, 0.15) is 12.5 Å². The largest absolute Gasteiger partial charge is 0.495 e. The Morgan fingerprint density at radius 2 is 1.83 bits per heavy atom. The van der Waals surface area contributed by atoms with Crippen molar-refractivity contribution in [3.63, 3.8) is 0 Å². The maximum absolute atomic E-state index is 12.4. The van der Waals surface area contributed by atoms with Crippen LogP contribution < -0.4 is 14.2 Å². The Morgan fingerprint density at radius 3 is 2.39 bits per heavy atom. The molecule has 0 saturated carbocycles. The lowest BCUT2D eigenvalue weighted by Crippen LogP contribution is -2.13. The minimum absolute atomic E-state index is 0.0647. The van der Waals surface area contributed by atoms with Gasteiger partial charge in [-0.15, -0.1) is 0 Å². The van der Waals surface area contributed by atoms with Crippen molar-refractivity contribution in [3.8, 4) is 11.5 Å². The summed E-state index contributed by atoms with van der Waals surface area (Å²) in [5, 5.41) is 0.234. The molecule has 0 saturated heterocycles. The number of hydrogen-bond acceptors (Lipinski definition) is 4. The summed E-state index contributed by atoms with van der Waals surface area (Å²) >= 11 is 5.99. The van der Waals surface area contributed by atoms with Crippen LogP contribution in [0.3, 0.4) is 0 Å². The third-order valence-electron chi connectivity index (χ3n) is 3.16. The fraction of sp³-hybridized carbons (Fsp3) is 0.250. The van der Waals surface area contributed by atoms with Crippen molar-refractivity contribution in [2.75, 3.05) is 18.4 Å². The van der Waals surface area contributed by atoms with Crippen molar-refractivity contribution in [3.05, 3.63) is 47.0 Å². The maximum atomic E-state index is 12.4. The zero-order valence-corrected chi connectivity index (χ0v) is 14.7. The lowest BCUT2D eigenvalue weighted by atomic mass is 10.2. The Morgan fingerprint density at radius 1 is 1.13 bits per heavy atom. The van der Waals surface area contributed by atoms with E-state index in [-0.39, 0.29) is 9.92 Å².